The van der Waals surface area contributed by atoms with Crippen LogP contribution in [0.3, 0.4) is 0 Å². The van der Waals surface area contributed by atoms with E-state index in [1.807, 2.05) is 6.07 Å². The number of fused-ring (bicyclic) bond motifs is 1. The number of carbonyl (C=O) groups excluding carboxylic acids is 1. The Morgan fingerprint density at radius 1 is 1.39 bits per heavy atom. The third kappa shape index (κ3) is 2.74. The molecule has 0 saturated carbocycles. The van der Waals surface area contributed by atoms with Crippen LogP contribution in [0.2, 0.25) is 0 Å². The number of rotatable bonds is 4. The van der Waals surface area contributed by atoms with E-state index in [0.29, 0.717) is 17.7 Å². The lowest BCUT2D eigenvalue weighted by molar-refractivity contribution is -0.143. The maximum atomic E-state index is 11.6. The second-order valence-electron chi connectivity index (χ2n) is 3.72. The molecule has 0 spiro atoms. The summed E-state index contributed by atoms with van der Waals surface area (Å²) in [5.41, 5.74) is 0.804. The second-order valence-corrected chi connectivity index (χ2v) is 3.72. The van der Waals surface area contributed by atoms with Gasteiger partial charge in [0.25, 0.3) is 0 Å². The van der Waals surface area contributed by atoms with Crippen LogP contribution in [-0.4, -0.2) is 17.6 Å². The molecule has 0 unspecified atom stereocenters. The summed E-state index contributed by atoms with van der Waals surface area (Å²) >= 11 is 0. The molecule has 0 radical (unpaired) electrons. The van der Waals surface area contributed by atoms with Gasteiger partial charge in [0.1, 0.15) is 11.2 Å². The number of hydrogen-bond acceptors (Lipinski definition) is 5. The molecular weight excluding hydrogens is 234 g/mol. The molecule has 0 aliphatic carbocycles. The molecule has 5 nitrogen and oxygen atoms in total. The van der Waals surface area contributed by atoms with Gasteiger partial charge in [-0.15, -0.1) is 0 Å². The van der Waals surface area contributed by atoms with E-state index in [2.05, 4.69) is 4.98 Å². The summed E-state index contributed by atoms with van der Waals surface area (Å²) in [7, 11) is 0. The number of aromatic nitrogens is 1. The molecule has 2 aromatic rings. The van der Waals surface area contributed by atoms with Crippen molar-refractivity contribution in [3.05, 3.63) is 40.4 Å². The number of nitrogens with zero attached hydrogens (tertiary/aromatic N) is 1. The van der Waals surface area contributed by atoms with Crippen molar-refractivity contribution in [2.75, 3.05) is 6.61 Å². The Kier molecular flexibility index (Phi) is 3.72. The average Bonchev–Trinajstić information content (AvgIpc) is 2.36. The Bertz CT molecular complexity index is 618. The van der Waals surface area contributed by atoms with Crippen molar-refractivity contribution >= 4 is 17.1 Å². The summed E-state index contributed by atoms with van der Waals surface area (Å²) in [4.78, 5) is 27.0. The Hall–Kier alpha value is -2.17. The van der Waals surface area contributed by atoms with Gasteiger partial charge < -0.3 is 9.15 Å². The normalized spacial score (nSPS) is 10.5. The SMILES string of the molecule is CCOC(=O)CCc1nc2ccccc2oc1=O. The minimum absolute atomic E-state index is 0.129. The molecule has 0 amide bonds. The highest BCUT2D eigenvalue weighted by atomic mass is 16.5. The zero-order valence-corrected chi connectivity index (χ0v) is 10.0. The molecule has 0 aliphatic rings. The molecule has 5 heteroatoms. The van der Waals surface area contributed by atoms with Gasteiger partial charge in [-0.25, -0.2) is 9.78 Å². The Labute approximate surface area is 103 Å². The summed E-state index contributed by atoms with van der Waals surface area (Å²) in [5, 5.41) is 0. The molecule has 1 heterocycles. The van der Waals surface area contributed by atoms with E-state index in [4.69, 9.17) is 9.15 Å². The number of ether oxygens (including phenoxy) is 1. The summed E-state index contributed by atoms with van der Waals surface area (Å²) in [6.45, 7) is 2.07. The van der Waals surface area contributed by atoms with Gasteiger partial charge in [0.2, 0.25) is 0 Å². The van der Waals surface area contributed by atoms with Crippen LogP contribution in [0, 0.1) is 0 Å². The van der Waals surface area contributed by atoms with E-state index in [9.17, 15) is 9.59 Å². The first-order chi connectivity index (χ1) is 8.70. The molecule has 0 N–H and O–H groups in total. The third-order valence-electron chi connectivity index (χ3n) is 2.43. The van der Waals surface area contributed by atoms with Crippen molar-refractivity contribution in [2.45, 2.75) is 19.8 Å². The average molecular weight is 247 g/mol. The minimum Gasteiger partial charge on any atom is -0.466 e. The molecule has 1 aromatic carbocycles. The van der Waals surface area contributed by atoms with Gasteiger partial charge in [0.15, 0.2) is 5.58 Å². The van der Waals surface area contributed by atoms with Crippen molar-refractivity contribution in [3.63, 3.8) is 0 Å². The predicted octanol–water partition coefficient (Wildman–Crippen LogP) is 1.68. The number of carbonyl (C=O) groups is 1. The molecular formula is C13H13NO4. The second kappa shape index (κ2) is 5.44. The molecule has 0 saturated heterocycles. The van der Waals surface area contributed by atoms with Crippen LogP contribution in [0.25, 0.3) is 11.1 Å². The fraction of sp³-hybridized carbons (Fsp3) is 0.308. The lowest BCUT2D eigenvalue weighted by Crippen LogP contribution is -2.13. The lowest BCUT2D eigenvalue weighted by Gasteiger charge is -2.01. The van der Waals surface area contributed by atoms with Gasteiger partial charge in [-0.3, -0.25) is 4.79 Å². The number of para-hydroxylation sites is 2. The minimum atomic E-state index is -0.502. The maximum Gasteiger partial charge on any atom is 0.358 e. The van der Waals surface area contributed by atoms with Crippen LogP contribution in [0.1, 0.15) is 19.0 Å². The van der Waals surface area contributed by atoms with E-state index < -0.39 is 5.63 Å². The summed E-state index contributed by atoms with van der Waals surface area (Å²) in [6.07, 6.45) is 0.357. The quantitative estimate of drug-likeness (QED) is 0.769. The van der Waals surface area contributed by atoms with Crippen LogP contribution in [0.5, 0.6) is 0 Å². The van der Waals surface area contributed by atoms with Crippen molar-refractivity contribution in [1.82, 2.24) is 4.98 Å². The van der Waals surface area contributed by atoms with Gasteiger partial charge in [0, 0.05) is 6.42 Å². The number of benzene rings is 1. The lowest BCUT2D eigenvalue weighted by atomic mass is 10.2. The first-order valence-electron chi connectivity index (χ1n) is 5.75. The van der Waals surface area contributed by atoms with Gasteiger partial charge in [-0.1, -0.05) is 12.1 Å². The van der Waals surface area contributed by atoms with Gasteiger partial charge in [-0.2, -0.15) is 0 Å². The molecule has 1 aromatic heterocycles. The molecule has 2 rings (SSSR count). The molecule has 0 bridgehead atoms. The maximum absolute atomic E-state index is 11.6. The summed E-state index contributed by atoms with van der Waals surface area (Å²) in [5.74, 6) is -0.341. The Morgan fingerprint density at radius 3 is 2.94 bits per heavy atom. The monoisotopic (exact) mass is 247 g/mol. The first-order valence-corrected chi connectivity index (χ1v) is 5.75. The van der Waals surface area contributed by atoms with E-state index in [1.54, 1.807) is 25.1 Å². The number of esters is 1. The number of aryl methyl sites for hydroxylation is 1. The fourth-order valence-electron chi connectivity index (χ4n) is 1.60. The fourth-order valence-corrected chi connectivity index (χ4v) is 1.60. The Morgan fingerprint density at radius 2 is 2.17 bits per heavy atom. The third-order valence-corrected chi connectivity index (χ3v) is 2.43. The highest BCUT2D eigenvalue weighted by Gasteiger charge is 2.09. The van der Waals surface area contributed by atoms with E-state index in [1.165, 1.54) is 0 Å². The van der Waals surface area contributed by atoms with Crippen molar-refractivity contribution < 1.29 is 13.9 Å². The summed E-state index contributed by atoms with van der Waals surface area (Å²) in [6, 6.07) is 7.01. The van der Waals surface area contributed by atoms with Crippen molar-refractivity contribution in [1.29, 1.82) is 0 Å². The van der Waals surface area contributed by atoms with Crippen molar-refractivity contribution in [2.24, 2.45) is 0 Å². The van der Waals surface area contributed by atoms with Crippen LogP contribution in [0.4, 0.5) is 0 Å². The molecule has 94 valence electrons. The predicted molar refractivity (Wildman–Crippen MR) is 65.2 cm³/mol. The highest BCUT2D eigenvalue weighted by Crippen LogP contribution is 2.09. The Balaban J connectivity index is 2.20. The van der Waals surface area contributed by atoms with Crippen LogP contribution in [0.15, 0.2) is 33.5 Å². The summed E-state index contributed by atoms with van der Waals surface area (Å²) < 4.78 is 9.91. The van der Waals surface area contributed by atoms with E-state index >= 15 is 0 Å². The van der Waals surface area contributed by atoms with Crippen LogP contribution in [-0.2, 0) is 16.0 Å². The van der Waals surface area contributed by atoms with Gasteiger partial charge in [-0.05, 0) is 19.1 Å². The van der Waals surface area contributed by atoms with Gasteiger partial charge in [0.05, 0.1) is 13.0 Å². The van der Waals surface area contributed by atoms with Crippen molar-refractivity contribution in [3.8, 4) is 0 Å². The van der Waals surface area contributed by atoms with Crippen LogP contribution >= 0.6 is 0 Å². The smallest absolute Gasteiger partial charge is 0.358 e. The molecule has 18 heavy (non-hydrogen) atoms. The zero-order chi connectivity index (χ0) is 13.0. The van der Waals surface area contributed by atoms with E-state index in [0.717, 1.165) is 0 Å². The largest absolute Gasteiger partial charge is 0.466 e. The zero-order valence-electron chi connectivity index (χ0n) is 10.0. The highest BCUT2D eigenvalue weighted by molar-refractivity contribution is 5.72. The first kappa shape index (κ1) is 12.3. The topological polar surface area (TPSA) is 69.4 Å². The molecule has 0 atom stereocenters. The number of hydrogen-bond donors (Lipinski definition) is 0. The van der Waals surface area contributed by atoms with E-state index in [-0.39, 0.29) is 24.5 Å². The van der Waals surface area contributed by atoms with Crippen LogP contribution < -0.4 is 5.63 Å². The molecule has 0 aliphatic heterocycles. The standard InChI is InChI=1S/C13H13NO4/c1-2-17-12(15)8-7-10-13(16)18-11-6-4-3-5-9(11)14-10/h3-6H,2,7-8H2,1H3. The van der Waals surface area contributed by atoms with Gasteiger partial charge >= 0.3 is 11.6 Å². The molecule has 0 fully saturated rings.